The summed E-state index contributed by atoms with van der Waals surface area (Å²) in [5, 5.41) is 13.5. The lowest BCUT2D eigenvalue weighted by molar-refractivity contribution is -0.236. The number of carbonyl (C=O) groups is 4. The molecule has 0 aliphatic carbocycles. The van der Waals surface area contributed by atoms with Gasteiger partial charge >= 0.3 is 24.0 Å². The number of rotatable bonds is 10. The van der Waals surface area contributed by atoms with E-state index in [0.717, 1.165) is 16.7 Å². The van der Waals surface area contributed by atoms with Gasteiger partial charge in [-0.3, -0.25) is 9.59 Å². The first kappa shape index (κ1) is 33.5. The number of nitrogens with one attached hydrogen (secondary N) is 1. The van der Waals surface area contributed by atoms with Gasteiger partial charge in [-0.25, -0.2) is 9.59 Å². The van der Waals surface area contributed by atoms with Gasteiger partial charge in [0.2, 0.25) is 0 Å². The first-order valence-electron chi connectivity index (χ1n) is 14.2. The summed E-state index contributed by atoms with van der Waals surface area (Å²) >= 11 is 0. The van der Waals surface area contributed by atoms with E-state index in [0.29, 0.717) is 0 Å². The Balaban J connectivity index is 1.72. The van der Waals surface area contributed by atoms with Crippen LogP contribution in [0.25, 0.3) is 0 Å². The molecule has 6 atom stereocenters. The standard InChI is InChI=1S/C32H41NO10/c1-19-28(41-20(2)34)27(36)29(42-21(3)35)26(40-19)17-23-14-12-22(13-15-23)16-25(33-31(38)43-32(4,5)6)30(37)39-18-24-10-8-7-9-11-24/h7-15,19,25-29,36H,16-18H2,1-6H3,(H,33,38)/t19-,25-,26-,27+,28-,29-/m0/s1. The number of aliphatic hydroxyl groups is 1. The Morgan fingerprint density at radius 3 is 2.05 bits per heavy atom. The maximum absolute atomic E-state index is 13.0. The van der Waals surface area contributed by atoms with E-state index in [2.05, 4.69) is 5.32 Å². The summed E-state index contributed by atoms with van der Waals surface area (Å²) < 4.78 is 27.4. The minimum absolute atomic E-state index is 0.0542. The first-order valence-corrected chi connectivity index (χ1v) is 14.2. The molecule has 0 unspecified atom stereocenters. The van der Waals surface area contributed by atoms with Crippen molar-refractivity contribution >= 4 is 24.0 Å². The third kappa shape index (κ3) is 10.7. The predicted molar refractivity (Wildman–Crippen MR) is 155 cm³/mol. The van der Waals surface area contributed by atoms with Gasteiger partial charge in [0.05, 0.1) is 6.10 Å². The Morgan fingerprint density at radius 1 is 0.884 bits per heavy atom. The molecule has 1 aliphatic rings. The summed E-state index contributed by atoms with van der Waals surface area (Å²) in [5.41, 5.74) is 1.61. The Morgan fingerprint density at radius 2 is 1.47 bits per heavy atom. The van der Waals surface area contributed by atoms with Crippen LogP contribution in [0.5, 0.6) is 0 Å². The van der Waals surface area contributed by atoms with Crippen molar-refractivity contribution in [2.45, 2.75) is 103 Å². The van der Waals surface area contributed by atoms with Crippen molar-refractivity contribution in [1.29, 1.82) is 0 Å². The molecular formula is C32H41NO10. The molecule has 2 aromatic carbocycles. The molecule has 1 amide bonds. The summed E-state index contributed by atoms with van der Waals surface area (Å²) in [6, 6.07) is 15.4. The average Bonchev–Trinajstić information content (AvgIpc) is 2.92. The molecule has 1 aliphatic heterocycles. The van der Waals surface area contributed by atoms with Crippen molar-refractivity contribution in [3.8, 4) is 0 Å². The quantitative estimate of drug-likeness (QED) is 0.308. The van der Waals surface area contributed by atoms with Crippen molar-refractivity contribution in [2.75, 3.05) is 0 Å². The molecule has 2 aromatic rings. The fourth-order valence-electron chi connectivity index (χ4n) is 4.73. The summed E-state index contributed by atoms with van der Waals surface area (Å²) in [6.07, 6.45) is -4.98. The fourth-order valence-corrected chi connectivity index (χ4v) is 4.73. The number of alkyl carbamates (subject to hydrolysis) is 1. The van der Waals surface area contributed by atoms with Crippen molar-refractivity contribution in [3.05, 3.63) is 71.3 Å². The molecule has 1 fully saturated rings. The van der Waals surface area contributed by atoms with Gasteiger partial charge in [-0.05, 0) is 44.4 Å². The van der Waals surface area contributed by atoms with Crippen LogP contribution in [-0.4, -0.2) is 71.3 Å². The van der Waals surface area contributed by atoms with Crippen LogP contribution < -0.4 is 5.32 Å². The number of esters is 3. The van der Waals surface area contributed by atoms with Crippen LogP contribution in [-0.2, 0) is 57.5 Å². The van der Waals surface area contributed by atoms with Gasteiger partial charge < -0.3 is 34.1 Å². The van der Waals surface area contributed by atoms with Gasteiger partial charge in [0.15, 0.2) is 12.2 Å². The number of carbonyl (C=O) groups excluding carboxylic acids is 4. The average molecular weight is 600 g/mol. The van der Waals surface area contributed by atoms with Crippen LogP contribution in [0.4, 0.5) is 4.79 Å². The normalized spacial score (nSPS) is 22.5. The molecule has 234 valence electrons. The highest BCUT2D eigenvalue weighted by molar-refractivity contribution is 5.81. The summed E-state index contributed by atoms with van der Waals surface area (Å²) in [7, 11) is 0. The maximum atomic E-state index is 13.0. The molecule has 1 heterocycles. The third-order valence-corrected chi connectivity index (χ3v) is 6.59. The lowest BCUT2D eigenvalue weighted by atomic mass is 9.91. The molecular weight excluding hydrogens is 558 g/mol. The van der Waals surface area contributed by atoms with Crippen LogP contribution in [0.2, 0.25) is 0 Å². The van der Waals surface area contributed by atoms with Crippen LogP contribution in [0.15, 0.2) is 54.6 Å². The van der Waals surface area contributed by atoms with Crippen LogP contribution in [0.3, 0.4) is 0 Å². The lowest BCUT2D eigenvalue weighted by Crippen LogP contribution is -2.59. The smallest absolute Gasteiger partial charge is 0.408 e. The van der Waals surface area contributed by atoms with E-state index in [1.165, 1.54) is 13.8 Å². The minimum Gasteiger partial charge on any atom is -0.459 e. The van der Waals surface area contributed by atoms with Crippen LogP contribution in [0, 0.1) is 0 Å². The fraction of sp³-hybridized carbons (Fsp3) is 0.500. The van der Waals surface area contributed by atoms with E-state index in [1.54, 1.807) is 39.8 Å². The molecule has 11 nitrogen and oxygen atoms in total. The monoisotopic (exact) mass is 599 g/mol. The number of ether oxygens (including phenoxy) is 5. The van der Waals surface area contributed by atoms with Gasteiger partial charge in [0, 0.05) is 26.7 Å². The summed E-state index contributed by atoms with van der Waals surface area (Å²) in [6.45, 7) is 9.36. The highest BCUT2D eigenvalue weighted by Gasteiger charge is 2.47. The van der Waals surface area contributed by atoms with Crippen molar-refractivity contribution in [2.24, 2.45) is 0 Å². The highest BCUT2D eigenvalue weighted by Crippen LogP contribution is 2.28. The summed E-state index contributed by atoms with van der Waals surface area (Å²) in [4.78, 5) is 48.8. The van der Waals surface area contributed by atoms with E-state index in [9.17, 15) is 24.3 Å². The predicted octanol–water partition coefficient (Wildman–Crippen LogP) is 3.42. The Bertz CT molecular complexity index is 1240. The highest BCUT2D eigenvalue weighted by atomic mass is 16.6. The molecule has 43 heavy (non-hydrogen) atoms. The number of aliphatic hydroxyl groups excluding tert-OH is 1. The molecule has 0 aromatic heterocycles. The van der Waals surface area contributed by atoms with Crippen molar-refractivity contribution in [1.82, 2.24) is 5.32 Å². The van der Waals surface area contributed by atoms with Crippen LogP contribution >= 0.6 is 0 Å². The topological polar surface area (TPSA) is 147 Å². The van der Waals surface area contributed by atoms with Gasteiger partial charge in [0.25, 0.3) is 0 Å². The first-order chi connectivity index (χ1) is 20.2. The minimum atomic E-state index is -1.28. The second-order valence-corrected chi connectivity index (χ2v) is 11.5. The Hall–Kier alpha value is -3.96. The zero-order valence-corrected chi connectivity index (χ0v) is 25.4. The van der Waals surface area contributed by atoms with Gasteiger partial charge in [-0.2, -0.15) is 0 Å². The molecule has 0 saturated carbocycles. The SMILES string of the molecule is CC(=O)O[C@@H]1[C@@H](O)[C@@H](OC(C)=O)[C@H](Cc2ccc(C[C@H](NC(=O)OC(C)(C)C)C(=O)OCc3ccccc3)cc2)O[C@H]1C. The second-order valence-electron chi connectivity index (χ2n) is 11.5. The van der Waals surface area contributed by atoms with Gasteiger partial charge in [-0.1, -0.05) is 54.6 Å². The zero-order valence-electron chi connectivity index (χ0n) is 25.4. The number of hydrogen-bond donors (Lipinski definition) is 2. The van der Waals surface area contributed by atoms with E-state index < -0.39 is 66.2 Å². The summed E-state index contributed by atoms with van der Waals surface area (Å²) in [5.74, 6) is -1.80. The van der Waals surface area contributed by atoms with E-state index in [1.807, 2.05) is 42.5 Å². The molecule has 0 bridgehead atoms. The van der Waals surface area contributed by atoms with E-state index in [-0.39, 0.29) is 19.4 Å². The molecule has 2 N–H and O–H groups in total. The molecule has 0 spiro atoms. The largest absolute Gasteiger partial charge is 0.459 e. The van der Waals surface area contributed by atoms with Gasteiger partial charge in [-0.15, -0.1) is 0 Å². The Labute approximate surface area is 251 Å². The third-order valence-electron chi connectivity index (χ3n) is 6.59. The van der Waals surface area contributed by atoms with E-state index >= 15 is 0 Å². The Kier molecular flexibility index (Phi) is 11.7. The molecule has 3 rings (SSSR count). The number of benzene rings is 2. The maximum Gasteiger partial charge on any atom is 0.408 e. The molecule has 11 heteroatoms. The number of amides is 1. The second kappa shape index (κ2) is 15.0. The zero-order chi connectivity index (χ0) is 31.7. The van der Waals surface area contributed by atoms with Crippen molar-refractivity contribution < 1.29 is 48.0 Å². The lowest BCUT2D eigenvalue weighted by Gasteiger charge is -2.42. The molecule has 0 radical (unpaired) electrons. The van der Waals surface area contributed by atoms with Crippen molar-refractivity contribution in [3.63, 3.8) is 0 Å². The van der Waals surface area contributed by atoms with Gasteiger partial charge in [0.1, 0.15) is 30.5 Å². The van der Waals surface area contributed by atoms with Crippen LogP contribution in [0.1, 0.15) is 58.2 Å². The number of hydrogen-bond acceptors (Lipinski definition) is 10. The van der Waals surface area contributed by atoms with E-state index in [4.69, 9.17) is 23.7 Å². The molecule has 1 saturated heterocycles.